The van der Waals surface area contributed by atoms with Crippen LogP contribution in [0, 0.1) is 10.1 Å². The third kappa shape index (κ3) is 5.10. The van der Waals surface area contributed by atoms with E-state index in [4.69, 9.17) is 9.47 Å². The number of methoxy groups -OCH3 is 1. The first-order valence-corrected chi connectivity index (χ1v) is 7.57. The number of carbonyl (C=O) groups excluding carboxylic acids is 1. The molecule has 0 atom stereocenters. The monoisotopic (exact) mass is 345 g/mol. The molecule has 2 N–H and O–H groups in total. The fraction of sp³-hybridized carbons (Fsp3) is 0.235. The molecule has 2 amide bonds. The van der Waals surface area contributed by atoms with Gasteiger partial charge in [-0.05, 0) is 38.1 Å². The van der Waals surface area contributed by atoms with Gasteiger partial charge in [0.25, 0.3) is 5.69 Å². The van der Waals surface area contributed by atoms with Gasteiger partial charge in [0.2, 0.25) is 0 Å². The van der Waals surface area contributed by atoms with Crippen molar-refractivity contribution in [3.63, 3.8) is 0 Å². The molecule has 0 saturated heterocycles. The average molecular weight is 345 g/mol. The van der Waals surface area contributed by atoms with Gasteiger partial charge in [0, 0.05) is 24.2 Å². The first-order valence-electron chi connectivity index (χ1n) is 7.57. The average Bonchev–Trinajstić information content (AvgIpc) is 2.56. The summed E-state index contributed by atoms with van der Waals surface area (Å²) in [4.78, 5) is 22.0. The number of nitrogens with one attached hydrogen (secondary N) is 2. The molecule has 0 aliphatic rings. The summed E-state index contributed by atoms with van der Waals surface area (Å²) in [6.07, 6.45) is 0. The van der Waals surface area contributed by atoms with Crippen molar-refractivity contribution in [1.82, 2.24) is 5.32 Å². The molecule has 0 unspecified atom stereocenters. The van der Waals surface area contributed by atoms with E-state index in [1.54, 1.807) is 18.2 Å². The molecule has 2 aromatic carbocycles. The van der Waals surface area contributed by atoms with Gasteiger partial charge in [0.1, 0.15) is 17.2 Å². The fourth-order valence-electron chi connectivity index (χ4n) is 2.03. The van der Waals surface area contributed by atoms with Gasteiger partial charge in [-0.15, -0.1) is 0 Å². The smallest absolute Gasteiger partial charge is 0.319 e. The molecule has 0 aliphatic heterocycles. The SMILES string of the molecule is COc1cc(Oc2ccc([N+](=O)[O-])cc2)ccc1NC(=O)NC(C)C. The highest BCUT2D eigenvalue weighted by Gasteiger charge is 2.11. The van der Waals surface area contributed by atoms with Crippen LogP contribution in [0.5, 0.6) is 17.2 Å². The molecule has 0 bridgehead atoms. The molecule has 2 rings (SSSR count). The number of amides is 2. The maximum absolute atomic E-state index is 11.8. The number of hydrogen-bond acceptors (Lipinski definition) is 5. The first kappa shape index (κ1) is 18.1. The maximum Gasteiger partial charge on any atom is 0.319 e. The van der Waals surface area contributed by atoms with Crippen molar-refractivity contribution in [1.29, 1.82) is 0 Å². The second-order valence-corrected chi connectivity index (χ2v) is 5.47. The lowest BCUT2D eigenvalue weighted by Gasteiger charge is -2.14. The lowest BCUT2D eigenvalue weighted by molar-refractivity contribution is -0.384. The van der Waals surface area contributed by atoms with Crippen molar-refractivity contribution in [3.8, 4) is 17.2 Å². The molecule has 2 aromatic rings. The van der Waals surface area contributed by atoms with Crippen LogP contribution in [0.25, 0.3) is 0 Å². The minimum Gasteiger partial charge on any atom is -0.494 e. The molecule has 8 heteroatoms. The molecule has 0 spiro atoms. The Kier molecular flexibility index (Phi) is 5.78. The van der Waals surface area contributed by atoms with E-state index in [1.165, 1.54) is 31.4 Å². The van der Waals surface area contributed by atoms with Gasteiger partial charge in [0.15, 0.2) is 0 Å². The molecule has 0 heterocycles. The van der Waals surface area contributed by atoms with Crippen LogP contribution in [0.1, 0.15) is 13.8 Å². The zero-order chi connectivity index (χ0) is 18.4. The number of carbonyl (C=O) groups is 1. The number of benzene rings is 2. The van der Waals surface area contributed by atoms with E-state index >= 15 is 0 Å². The van der Waals surface area contributed by atoms with Crippen molar-refractivity contribution < 1.29 is 19.2 Å². The van der Waals surface area contributed by atoms with Gasteiger partial charge >= 0.3 is 6.03 Å². The quantitative estimate of drug-likeness (QED) is 0.610. The van der Waals surface area contributed by atoms with Crippen molar-refractivity contribution in [3.05, 3.63) is 52.6 Å². The summed E-state index contributed by atoms with van der Waals surface area (Å²) in [5.41, 5.74) is 0.484. The Morgan fingerprint density at radius 2 is 1.76 bits per heavy atom. The molecule has 132 valence electrons. The van der Waals surface area contributed by atoms with Crippen molar-refractivity contribution in [2.24, 2.45) is 0 Å². The summed E-state index contributed by atoms with van der Waals surface area (Å²) in [5, 5.41) is 16.1. The molecule has 0 saturated carbocycles. The molecule has 0 aromatic heterocycles. The van der Waals surface area contributed by atoms with Gasteiger partial charge in [0.05, 0.1) is 17.7 Å². The Morgan fingerprint density at radius 3 is 2.32 bits per heavy atom. The van der Waals surface area contributed by atoms with Crippen LogP contribution >= 0.6 is 0 Å². The van der Waals surface area contributed by atoms with Crippen LogP contribution in [-0.2, 0) is 0 Å². The van der Waals surface area contributed by atoms with Gasteiger partial charge in [-0.3, -0.25) is 10.1 Å². The minimum absolute atomic E-state index is 0.00994. The molecule has 8 nitrogen and oxygen atoms in total. The van der Waals surface area contributed by atoms with Crippen LogP contribution in [-0.4, -0.2) is 24.1 Å². The van der Waals surface area contributed by atoms with Gasteiger partial charge in [-0.2, -0.15) is 0 Å². The van der Waals surface area contributed by atoms with Gasteiger partial charge < -0.3 is 20.1 Å². The number of hydrogen-bond donors (Lipinski definition) is 2. The Hall–Kier alpha value is -3.29. The number of nitro benzene ring substituents is 1. The summed E-state index contributed by atoms with van der Waals surface area (Å²) in [5.74, 6) is 1.35. The number of nitrogens with zero attached hydrogens (tertiary/aromatic N) is 1. The summed E-state index contributed by atoms with van der Waals surface area (Å²) in [6, 6.07) is 10.3. The Balaban J connectivity index is 2.12. The molecule has 25 heavy (non-hydrogen) atoms. The Bertz CT molecular complexity index is 759. The highest BCUT2D eigenvalue weighted by molar-refractivity contribution is 5.91. The highest BCUT2D eigenvalue weighted by atomic mass is 16.6. The number of rotatable bonds is 6. The number of urea groups is 1. The van der Waals surface area contributed by atoms with E-state index < -0.39 is 4.92 Å². The summed E-state index contributed by atoms with van der Waals surface area (Å²) in [7, 11) is 1.48. The molecular weight excluding hydrogens is 326 g/mol. The zero-order valence-corrected chi connectivity index (χ0v) is 14.1. The van der Waals surface area contributed by atoms with Crippen molar-refractivity contribution in [2.75, 3.05) is 12.4 Å². The minimum atomic E-state index is -0.477. The van der Waals surface area contributed by atoms with Crippen LogP contribution in [0.15, 0.2) is 42.5 Å². The maximum atomic E-state index is 11.8. The van der Waals surface area contributed by atoms with Crippen LogP contribution in [0.4, 0.5) is 16.2 Å². The van der Waals surface area contributed by atoms with Crippen LogP contribution in [0.3, 0.4) is 0 Å². The van der Waals surface area contributed by atoms with E-state index in [2.05, 4.69) is 10.6 Å². The van der Waals surface area contributed by atoms with E-state index in [1.807, 2.05) is 13.8 Å². The Morgan fingerprint density at radius 1 is 1.12 bits per heavy atom. The third-order valence-electron chi connectivity index (χ3n) is 3.12. The number of anilines is 1. The van der Waals surface area contributed by atoms with Crippen LogP contribution in [0.2, 0.25) is 0 Å². The van der Waals surface area contributed by atoms with Gasteiger partial charge in [-0.25, -0.2) is 4.79 Å². The summed E-state index contributed by atoms with van der Waals surface area (Å²) >= 11 is 0. The third-order valence-corrected chi connectivity index (χ3v) is 3.12. The summed E-state index contributed by atoms with van der Waals surface area (Å²) in [6.45, 7) is 3.72. The van der Waals surface area contributed by atoms with E-state index in [0.717, 1.165) is 0 Å². The topological polar surface area (TPSA) is 103 Å². The standard InChI is InChI=1S/C17H19N3O5/c1-11(2)18-17(21)19-15-9-8-14(10-16(15)24-3)25-13-6-4-12(5-7-13)20(22)23/h4-11H,1-3H3,(H2,18,19,21). The second kappa shape index (κ2) is 8.00. The van der Waals surface area contributed by atoms with Crippen molar-refractivity contribution in [2.45, 2.75) is 19.9 Å². The number of ether oxygens (including phenoxy) is 2. The lowest BCUT2D eigenvalue weighted by atomic mass is 10.2. The molecule has 0 fully saturated rings. The number of non-ortho nitro benzene ring substituents is 1. The first-order chi connectivity index (χ1) is 11.9. The largest absolute Gasteiger partial charge is 0.494 e. The predicted molar refractivity (Wildman–Crippen MR) is 93.5 cm³/mol. The fourth-order valence-corrected chi connectivity index (χ4v) is 2.03. The predicted octanol–water partition coefficient (Wildman–Crippen LogP) is 3.93. The molecular formula is C17H19N3O5. The normalized spacial score (nSPS) is 10.2. The Labute approximate surface area is 144 Å². The zero-order valence-electron chi connectivity index (χ0n) is 14.1. The second-order valence-electron chi connectivity index (χ2n) is 5.47. The lowest BCUT2D eigenvalue weighted by Crippen LogP contribution is -2.34. The van der Waals surface area contributed by atoms with E-state index in [-0.39, 0.29) is 17.8 Å². The van der Waals surface area contributed by atoms with E-state index in [0.29, 0.717) is 22.9 Å². The van der Waals surface area contributed by atoms with Crippen LogP contribution < -0.4 is 20.1 Å². The molecule has 0 radical (unpaired) electrons. The number of nitro groups is 1. The molecule has 0 aliphatic carbocycles. The van der Waals surface area contributed by atoms with Crippen molar-refractivity contribution >= 4 is 17.4 Å². The highest BCUT2D eigenvalue weighted by Crippen LogP contribution is 2.32. The van der Waals surface area contributed by atoms with E-state index in [9.17, 15) is 14.9 Å². The van der Waals surface area contributed by atoms with Gasteiger partial charge in [-0.1, -0.05) is 0 Å². The summed E-state index contributed by atoms with van der Waals surface area (Å²) < 4.78 is 10.9.